The summed E-state index contributed by atoms with van der Waals surface area (Å²) >= 11 is 1.89. The van der Waals surface area contributed by atoms with Crippen molar-refractivity contribution in [1.82, 2.24) is 10.6 Å². The van der Waals surface area contributed by atoms with Crippen molar-refractivity contribution in [2.24, 2.45) is 0 Å². The van der Waals surface area contributed by atoms with E-state index >= 15 is 0 Å². The zero-order valence-corrected chi connectivity index (χ0v) is 14.0. The van der Waals surface area contributed by atoms with Crippen LogP contribution in [-0.4, -0.2) is 43.2 Å². The zero-order chi connectivity index (χ0) is 14.9. The average molecular weight is 349 g/mol. The maximum absolute atomic E-state index is 12.7. The van der Waals surface area contributed by atoms with E-state index in [1.54, 1.807) is 12.1 Å². The van der Waals surface area contributed by atoms with E-state index in [2.05, 4.69) is 10.6 Å². The molecule has 1 amide bonds. The first-order chi connectivity index (χ1) is 10.2. The molecule has 1 aromatic rings. The molecule has 0 bridgehead atoms. The van der Waals surface area contributed by atoms with Crippen molar-refractivity contribution in [2.45, 2.75) is 18.9 Å². The van der Waals surface area contributed by atoms with Gasteiger partial charge in [0, 0.05) is 37.1 Å². The fourth-order valence-electron chi connectivity index (χ4n) is 2.07. The van der Waals surface area contributed by atoms with Crippen molar-refractivity contribution in [3.05, 3.63) is 30.1 Å². The minimum atomic E-state index is -0.274. The molecule has 1 saturated heterocycles. The second-order valence-corrected chi connectivity index (χ2v) is 6.09. The second kappa shape index (κ2) is 10.7. The van der Waals surface area contributed by atoms with E-state index in [9.17, 15) is 9.18 Å². The molecule has 1 atom stereocenters. The van der Waals surface area contributed by atoms with Crippen molar-refractivity contribution in [1.29, 1.82) is 0 Å². The molecule has 1 aliphatic rings. The summed E-state index contributed by atoms with van der Waals surface area (Å²) in [4.78, 5) is 11.7. The molecule has 0 radical (unpaired) electrons. The lowest BCUT2D eigenvalue weighted by Crippen LogP contribution is -2.41. The number of hydrogen-bond acceptors (Lipinski definition) is 4. The van der Waals surface area contributed by atoms with Crippen molar-refractivity contribution in [2.75, 3.05) is 31.2 Å². The van der Waals surface area contributed by atoms with Gasteiger partial charge in [-0.2, -0.15) is 11.8 Å². The van der Waals surface area contributed by atoms with Gasteiger partial charge in [-0.3, -0.25) is 4.79 Å². The molecule has 1 heterocycles. The molecule has 0 aliphatic carbocycles. The Morgan fingerprint density at radius 3 is 2.86 bits per heavy atom. The van der Waals surface area contributed by atoms with Gasteiger partial charge in [-0.1, -0.05) is 0 Å². The number of rotatable bonds is 7. The SMILES string of the molecule is Cl.O=C(CC1CSCCN1)NCCCOc1ccc(F)cc1. The Labute approximate surface area is 141 Å². The summed E-state index contributed by atoms with van der Waals surface area (Å²) in [6.07, 6.45) is 1.27. The summed E-state index contributed by atoms with van der Waals surface area (Å²) < 4.78 is 18.2. The molecular formula is C15H22ClFN2O2S. The van der Waals surface area contributed by atoms with Crippen LogP contribution in [0.1, 0.15) is 12.8 Å². The topological polar surface area (TPSA) is 50.4 Å². The standard InChI is InChI=1S/C15H21FN2O2S.ClH/c16-12-2-4-14(5-3-12)20-8-1-6-18-15(19)10-13-11-21-9-7-17-13;/h2-5,13,17H,1,6-11H2,(H,18,19);1H. The molecule has 1 aliphatic heterocycles. The summed E-state index contributed by atoms with van der Waals surface area (Å²) in [5.74, 6) is 2.58. The van der Waals surface area contributed by atoms with Gasteiger partial charge in [0.05, 0.1) is 6.61 Å². The minimum absolute atomic E-state index is 0. The highest BCUT2D eigenvalue weighted by atomic mass is 35.5. The van der Waals surface area contributed by atoms with Crippen LogP contribution in [-0.2, 0) is 4.79 Å². The lowest BCUT2D eigenvalue weighted by atomic mass is 10.2. The summed E-state index contributed by atoms with van der Waals surface area (Å²) in [5, 5.41) is 6.24. The van der Waals surface area contributed by atoms with Crippen LogP contribution >= 0.6 is 24.2 Å². The summed E-state index contributed by atoms with van der Waals surface area (Å²) in [6.45, 7) is 2.08. The Kier molecular flexibility index (Phi) is 9.27. The van der Waals surface area contributed by atoms with Crippen LogP contribution in [0, 0.1) is 5.82 Å². The smallest absolute Gasteiger partial charge is 0.221 e. The van der Waals surface area contributed by atoms with Gasteiger partial charge < -0.3 is 15.4 Å². The molecule has 124 valence electrons. The lowest BCUT2D eigenvalue weighted by molar-refractivity contribution is -0.121. The maximum atomic E-state index is 12.7. The Balaban J connectivity index is 0.00000242. The minimum Gasteiger partial charge on any atom is -0.494 e. The van der Waals surface area contributed by atoms with Gasteiger partial charge in [-0.25, -0.2) is 4.39 Å². The number of thioether (sulfide) groups is 1. The first kappa shape index (κ1) is 19.1. The number of nitrogens with one attached hydrogen (secondary N) is 2. The van der Waals surface area contributed by atoms with E-state index in [0.29, 0.717) is 31.4 Å². The van der Waals surface area contributed by atoms with Crippen LogP contribution in [0.3, 0.4) is 0 Å². The van der Waals surface area contributed by atoms with Gasteiger partial charge in [-0.15, -0.1) is 12.4 Å². The van der Waals surface area contributed by atoms with E-state index in [-0.39, 0.29) is 24.1 Å². The highest BCUT2D eigenvalue weighted by molar-refractivity contribution is 7.99. The van der Waals surface area contributed by atoms with Gasteiger partial charge in [-0.05, 0) is 30.7 Å². The van der Waals surface area contributed by atoms with Crippen LogP contribution in [0.25, 0.3) is 0 Å². The van der Waals surface area contributed by atoms with Crippen LogP contribution in [0.5, 0.6) is 5.75 Å². The number of carbonyl (C=O) groups is 1. The van der Waals surface area contributed by atoms with Crippen molar-refractivity contribution in [3.8, 4) is 5.75 Å². The van der Waals surface area contributed by atoms with Crippen LogP contribution < -0.4 is 15.4 Å². The van der Waals surface area contributed by atoms with Crippen LogP contribution in [0.15, 0.2) is 24.3 Å². The van der Waals surface area contributed by atoms with Gasteiger partial charge in [0.2, 0.25) is 5.91 Å². The third-order valence-electron chi connectivity index (χ3n) is 3.16. The van der Waals surface area contributed by atoms with E-state index in [1.165, 1.54) is 12.1 Å². The second-order valence-electron chi connectivity index (χ2n) is 4.94. The van der Waals surface area contributed by atoms with Gasteiger partial charge in [0.15, 0.2) is 0 Å². The fraction of sp³-hybridized carbons (Fsp3) is 0.533. The molecule has 2 rings (SSSR count). The molecule has 1 unspecified atom stereocenters. The maximum Gasteiger partial charge on any atom is 0.221 e. The van der Waals surface area contributed by atoms with Crippen molar-refractivity contribution >= 4 is 30.1 Å². The number of hydrogen-bond donors (Lipinski definition) is 2. The predicted molar refractivity (Wildman–Crippen MR) is 90.5 cm³/mol. The third kappa shape index (κ3) is 7.33. The molecule has 0 spiro atoms. The molecule has 22 heavy (non-hydrogen) atoms. The Hall–Kier alpha value is -0.980. The van der Waals surface area contributed by atoms with Gasteiger partial charge in [0.1, 0.15) is 11.6 Å². The Morgan fingerprint density at radius 2 is 2.18 bits per heavy atom. The predicted octanol–water partition coefficient (Wildman–Crippen LogP) is 2.23. The van der Waals surface area contributed by atoms with Gasteiger partial charge >= 0.3 is 0 Å². The van der Waals surface area contributed by atoms with E-state index in [4.69, 9.17) is 4.74 Å². The number of amides is 1. The van der Waals surface area contributed by atoms with Crippen LogP contribution in [0.2, 0.25) is 0 Å². The molecule has 2 N–H and O–H groups in total. The zero-order valence-electron chi connectivity index (χ0n) is 12.3. The van der Waals surface area contributed by atoms with E-state index in [1.807, 2.05) is 11.8 Å². The average Bonchev–Trinajstić information content (AvgIpc) is 2.50. The summed E-state index contributed by atoms with van der Waals surface area (Å²) in [7, 11) is 0. The number of ether oxygens (including phenoxy) is 1. The molecule has 1 fully saturated rings. The van der Waals surface area contributed by atoms with Crippen molar-refractivity contribution in [3.63, 3.8) is 0 Å². The fourth-order valence-corrected chi connectivity index (χ4v) is 3.02. The molecule has 7 heteroatoms. The molecule has 0 saturated carbocycles. The Bertz CT molecular complexity index is 442. The highest BCUT2D eigenvalue weighted by Crippen LogP contribution is 2.11. The lowest BCUT2D eigenvalue weighted by Gasteiger charge is -2.22. The normalized spacial score (nSPS) is 17.4. The van der Waals surface area contributed by atoms with Gasteiger partial charge in [0.25, 0.3) is 0 Å². The highest BCUT2D eigenvalue weighted by Gasteiger charge is 2.16. The quantitative estimate of drug-likeness (QED) is 0.742. The van der Waals surface area contributed by atoms with E-state index < -0.39 is 0 Å². The molecule has 4 nitrogen and oxygen atoms in total. The molecule has 0 aromatic heterocycles. The third-order valence-corrected chi connectivity index (χ3v) is 4.29. The summed E-state index contributed by atoms with van der Waals surface area (Å²) in [5.41, 5.74) is 0. The molecule has 1 aromatic carbocycles. The van der Waals surface area contributed by atoms with Crippen molar-refractivity contribution < 1.29 is 13.9 Å². The Morgan fingerprint density at radius 1 is 1.41 bits per heavy atom. The first-order valence-electron chi connectivity index (χ1n) is 7.20. The van der Waals surface area contributed by atoms with E-state index in [0.717, 1.165) is 24.5 Å². The number of benzene rings is 1. The largest absolute Gasteiger partial charge is 0.494 e. The first-order valence-corrected chi connectivity index (χ1v) is 8.36. The summed E-state index contributed by atoms with van der Waals surface area (Å²) in [6, 6.07) is 6.22. The van der Waals surface area contributed by atoms with Crippen LogP contribution in [0.4, 0.5) is 4.39 Å². The monoisotopic (exact) mass is 348 g/mol. The number of carbonyl (C=O) groups excluding carboxylic acids is 1. The molecular weight excluding hydrogens is 327 g/mol. The number of halogens is 2.